The minimum absolute atomic E-state index is 0.0376. The summed E-state index contributed by atoms with van der Waals surface area (Å²) >= 11 is 1.60. The molecule has 3 saturated heterocycles. The van der Waals surface area contributed by atoms with Crippen molar-refractivity contribution in [3.05, 3.63) is 35.2 Å². The number of hydrogen-bond acceptors (Lipinski definition) is 8. The lowest BCUT2D eigenvalue weighted by Crippen LogP contribution is -2.52. The van der Waals surface area contributed by atoms with Gasteiger partial charge < -0.3 is 24.8 Å². The van der Waals surface area contributed by atoms with Crippen molar-refractivity contribution in [3.63, 3.8) is 0 Å². The van der Waals surface area contributed by atoms with Crippen LogP contribution in [-0.2, 0) is 14.3 Å². The highest BCUT2D eigenvalue weighted by Crippen LogP contribution is 2.36. The van der Waals surface area contributed by atoms with Crippen molar-refractivity contribution in [2.24, 2.45) is 11.8 Å². The number of likely N-dealkylation sites (N-methyl/N-ethyl adjacent to an activating group) is 1. The van der Waals surface area contributed by atoms with E-state index in [2.05, 4.69) is 22.2 Å². The Bertz CT molecular complexity index is 1230. The molecule has 2 amide bonds. The van der Waals surface area contributed by atoms with Gasteiger partial charge in [-0.25, -0.2) is 13.8 Å². The number of ketones is 1. The van der Waals surface area contributed by atoms with Crippen LogP contribution in [0, 0.1) is 11.8 Å². The number of nitrogens with one attached hydrogen (secondary N) is 1. The topological polar surface area (TPSA) is 95.1 Å². The molecule has 12 heteroatoms. The van der Waals surface area contributed by atoms with Gasteiger partial charge in [-0.2, -0.15) is 0 Å². The Morgan fingerprint density at radius 2 is 1.85 bits per heavy atom. The minimum atomic E-state index is -2.72. The fraction of sp³-hybridized carbons (Fsp3) is 0.571. The molecule has 0 radical (unpaired) electrons. The Hall–Kier alpha value is -2.96. The lowest BCUT2D eigenvalue weighted by Gasteiger charge is -2.32. The Morgan fingerprint density at radius 3 is 2.50 bits per heavy atom. The highest BCUT2D eigenvalue weighted by atomic mass is 32.1. The molecule has 4 heterocycles. The molecule has 4 atom stereocenters. The second-order valence-electron chi connectivity index (χ2n) is 11.2. The van der Waals surface area contributed by atoms with Crippen molar-refractivity contribution >= 4 is 34.1 Å². The van der Waals surface area contributed by atoms with Gasteiger partial charge in [-0.1, -0.05) is 26.0 Å². The molecule has 1 unspecified atom stereocenters. The summed E-state index contributed by atoms with van der Waals surface area (Å²) in [5, 5.41) is 5.78. The van der Waals surface area contributed by atoms with Crippen LogP contribution in [0.1, 0.15) is 30.6 Å². The summed E-state index contributed by atoms with van der Waals surface area (Å²) < 4.78 is 32.6. The predicted molar refractivity (Wildman–Crippen MR) is 148 cm³/mol. The maximum absolute atomic E-state index is 13.6. The molecule has 1 aromatic heterocycles. The fourth-order valence-corrected chi connectivity index (χ4v) is 6.50. The van der Waals surface area contributed by atoms with E-state index in [4.69, 9.17) is 9.72 Å². The monoisotopic (exact) mass is 575 g/mol. The fourth-order valence-electron chi connectivity index (χ4n) is 5.61. The van der Waals surface area contributed by atoms with Crippen molar-refractivity contribution < 1.29 is 27.9 Å². The quantitative estimate of drug-likeness (QED) is 0.517. The number of ether oxygens (including phenoxy) is 1. The maximum Gasteiger partial charge on any atom is 0.251 e. The standard InChI is InChI=1S/C28H35F2N5O4S/c1-16(2)12-20(27(38)35-13-19(25(29)30)24-23(35)22(36)14-39-24)31-26(37)18-6-4-17(5-7-18)21-15-40-28(32-21)34-10-8-33(3)9-11-34/h4-7,15-16,19-20,23-25H,8-14H2,1-3H3,(H,31,37)/t19-,20?,23+,24+/m0/s1. The number of aromatic nitrogens is 1. The van der Waals surface area contributed by atoms with Gasteiger partial charge in [0.25, 0.3) is 5.91 Å². The van der Waals surface area contributed by atoms with Crippen molar-refractivity contribution in [1.82, 2.24) is 20.1 Å². The molecule has 0 saturated carbocycles. The number of fused-ring (bicyclic) bond motifs is 1. The zero-order chi connectivity index (χ0) is 28.6. The Labute approximate surface area is 236 Å². The summed E-state index contributed by atoms with van der Waals surface area (Å²) in [6.45, 7) is 7.10. The van der Waals surface area contributed by atoms with Gasteiger partial charge in [0, 0.05) is 49.2 Å². The number of alkyl halides is 2. The third-order valence-corrected chi connectivity index (χ3v) is 8.75. The smallest absolute Gasteiger partial charge is 0.251 e. The van der Waals surface area contributed by atoms with Crippen LogP contribution in [0.4, 0.5) is 13.9 Å². The molecule has 5 rings (SSSR count). The average molecular weight is 576 g/mol. The molecule has 3 fully saturated rings. The number of benzene rings is 1. The van der Waals surface area contributed by atoms with Gasteiger partial charge in [0.05, 0.1) is 17.7 Å². The van der Waals surface area contributed by atoms with Crippen LogP contribution in [0.25, 0.3) is 11.3 Å². The minimum Gasteiger partial charge on any atom is -0.367 e. The molecular weight excluding hydrogens is 540 g/mol. The molecule has 9 nitrogen and oxygen atoms in total. The number of carbonyl (C=O) groups excluding carboxylic acids is 3. The molecule has 216 valence electrons. The first-order chi connectivity index (χ1) is 19.1. The number of thiazole rings is 1. The van der Waals surface area contributed by atoms with Crippen LogP contribution >= 0.6 is 11.3 Å². The number of rotatable bonds is 8. The lowest BCUT2D eigenvalue weighted by molar-refractivity contribution is -0.138. The zero-order valence-corrected chi connectivity index (χ0v) is 23.7. The SMILES string of the molecule is CC(C)CC(NC(=O)c1ccc(-c2csc(N3CCN(C)CC3)n2)cc1)C(=O)N1C[C@H](C(F)F)[C@H]2OCC(=O)[C@H]21. The number of Topliss-reactive ketones (excluding diaryl/α,β-unsaturated/α-hetero) is 1. The third-order valence-electron chi connectivity index (χ3n) is 7.85. The number of amides is 2. The van der Waals surface area contributed by atoms with E-state index in [0.29, 0.717) is 12.0 Å². The van der Waals surface area contributed by atoms with Crippen molar-refractivity contribution in [3.8, 4) is 11.3 Å². The van der Waals surface area contributed by atoms with Gasteiger partial charge in [0.15, 0.2) is 10.9 Å². The van der Waals surface area contributed by atoms with Gasteiger partial charge in [-0.3, -0.25) is 14.4 Å². The van der Waals surface area contributed by atoms with Gasteiger partial charge in [-0.05, 0) is 31.5 Å². The predicted octanol–water partition coefficient (Wildman–Crippen LogP) is 2.77. The van der Waals surface area contributed by atoms with Crippen LogP contribution in [0.5, 0.6) is 0 Å². The summed E-state index contributed by atoms with van der Waals surface area (Å²) in [5.41, 5.74) is 2.08. The Morgan fingerprint density at radius 1 is 1.15 bits per heavy atom. The molecule has 0 spiro atoms. The van der Waals surface area contributed by atoms with Crippen LogP contribution in [0.3, 0.4) is 0 Å². The molecule has 3 aliphatic rings. The number of anilines is 1. The van der Waals surface area contributed by atoms with Gasteiger partial charge in [0.2, 0.25) is 12.3 Å². The molecule has 0 bridgehead atoms. The summed E-state index contributed by atoms with van der Waals surface area (Å²) in [7, 11) is 2.11. The molecule has 1 aromatic carbocycles. The van der Waals surface area contributed by atoms with E-state index >= 15 is 0 Å². The van der Waals surface area contributed by atoms with Gasteiger partial charge >= 0.3 is 0 Å². The molecule has 1 N–H and O–H groups in total. The van der Waals surface area contributed by atoms with Crippen LogP contribution in [0.15, 0.2) is 29.6 Å². The summed E-state index contributed by atoms with van der Waals surface area (Å²) in [6, 6.07) is 5.02. The van der Waals surface area contributed by atoms with Crippen molar-refractivity contribution in [1.29, 1.82) is 0 Å². The van der Waals surface area contributed by atoms with Gasteiger partial charge in [0.1, 0.15) is 18.7 Å². The lowest BCUT2D eigenvalue weighted by atomic mass is 10.0. The second-order valence-corrected chi connectivity index (χ2v) is 12.1. The van der Waals surface area contributed by atoms with E-state index in [1.165, 1.54) is 4.90 Å². The third kappa shape index (κ3) is 5.89. The number of hydrogen-bond donors (Lipinski definition) is 1. The second kappa shape index (κ2) is 11.9. The van der Waals surface area contributed by atoms with Crippen molar-refractivity contribution in [2.75, 3.05) is 51.3 Å². The molecular formula is C28H35F2N5O4S. The number of halogens is 2. The van der Waals surface area contributed by atoms with E-state index in [9.17, 15) is 23.2 Å². The summed E-state index contributed by atoms with van der Waals surface area (Å²) in [4.78, 5) is 49.7. The van der Waals surface area contributed by atoms with E-state index in [1.807, 2.05) is 31.4 Å². The normalized spacial score (nSPS) is 24.2. The highest BCUT2D eigenvalue weighted by Gasteiger charge is 2.55. The first kappa shape index (κ1) is 28.6. The van der Waals surface area contributed by atoms with Crippen molar-refractivity contribution in [2.45, 2.75) is 44.9 Å². The van der Waals surface area contributed by atoms with E-state index in [0.717, 1.165) is 42.6 Å². The molecule has 0 aliphatic carbocycles. The summed E-state index contributed by atoms with van der Waals surface area (Å²) in [5.74, 6) is -2.56. The average Bonchev–Trinajstić information content (AvgIpc) is 3.65. The summed E-state index contributed by atoms with van der Waals surface area (Å²) in [6.07, 6.45) is -3.43. The highest BCUT2D eigenvalue weighted by molar-refractivity contribution is 7.14. The first-order valence-corrected chi connectivity index (χ1v) is 14.5. The van der Waals surface area contributed by atoms with E-state index < -0.39 is 42.3 Å². The molecule has 40 heavy (non-hydrogen) atoms. The number of carbonyl (C=O) groups is 3. The Balaban J connectivity index is 1.27. The molecule has 3 aliphatic heterocycles. The van der Waals surface area contributed by atoms with Crippen LogP contribution < -0.4 is 10.2 Å². The maximum atomic E-state index is 13.6. The van der Waals surface area contributed by atoms with E-state index in [-0.39, 0.29) is 24.9 Å². The first-order valence-electron chi connectivity index (χ1n) is 13.7. The van der Waals surface area contributed by atoms with Gasteiger partial charge in [-0.15, -0.1) is 11.3 Å². The number of nitrogens with zero attached hydrogens (tertiary/aromatic N) is 4. The molecule has 2 aromatic rings. The van der Waals surface area contributed by atoms with Crippen LogP contribution in [0.2, 0.25) is 0 Å². The van der Waals surface area contributed by atoms with E-state index in [1.54, 1.807) is 23.5 Å². The number of likely N-dealkylation sites (tertiary alicyclic amines) is 1. The zero-order valence-electron chi connectivity index (χ0n) is 22.9. The van der Waals surface area contributed by atoms with Crippen LogP contribution in [-0.4, -0.2) is 103 Å². The Kier molecular flexibility index (Phi) is 8.48. The largest absolute Gasteiger partial charge is 0.367 e. The number of piperazine rings is 1.